The van der Waals surface area contributed by atoms with Gasteiger partial charge >= 0.3 is 0 Å². The number of carbonyl (C=O) groups excluding carboxylic acids is 1. The standard InChI is InChI=1S/C12H17NO5/c1-13(17-4)12(14)10-7-9(16-3)5-6-11(10)18-8-15-2/h5-7H,8H2,1-4H3. The number of hydroxylamine groups is 2. The second kappa shape index (κ2) is 6.83. The number of benzene rings is 1. The van der Waals surface area contributed by atoms with E-state index in [9.17, 15) is 4.79 Å². The fourth-order valence-corrected chi connectivity index (χ4v) is 1.30. The molecule has 0 N–H and O–H groups in total. The van der Waals surface area contributed by atoms with Gasteiger partial charge in [0.25, 0.3) is 5.91 Å². The predicted molar refractivity (Wildman–Crippen MR) is 64.6 cm³/mol. The third kappa shape index (κ3) is 3.35. The Morgan fingerprint density at radius 2 is 2.00 bits per heavy atom. The quantitative estimate of drug-likeness (QED) is 0.566. The van der Waals surface area contributed by atoms with Gasteiger partial charge < -0.3 is 14.2 Å². The zero-order chi connectivity index (χ0) is 13.5. The predicted octanol–water partition coefficient (Wildman–Crippen LogP) is 1.31. The van der Waals surface area contributed by atoms with Crippen molar-refractivity contribution >= 4 is 5.91 Å². The largest absolute Gasteiger partial charge is 0.497 e. The number of ether oxygens (including phenoxy) is 3. The van der Waals surface area contributed by atoms with Gasteiger partial charge in [-0.3, -0.25) is 9.63 Å². The first kappa shape index (κ1) is 14.3. The molecule has 1 rings (SSSR count). The fourth-order valence-electron chi connectivity index (χ4n) is 1.30. The van der Waals surface area contributed by atoms with E-state index in [0.29, 0.717) is 17.1 Å². The molecule has 0 saturated carbocycles. The average Bonchev–Trinajstić information content (AvgIpc) is 2.43. The number of rotatable bonds is 6. The molecule has 100 valence electrons. The highest BCUT2D eigenvalue weighted by atomic mass is 16.7. The summed E-state index contributed by atoms with van der Waals surface area (Å²) in [4.78, 5) is 16.9. The first-order chi connectivity index (χ1) is 8.63. The van der Waals surface area contributed by atoms with Crippen LogP contribution in [0, 0.1) is 0 Å². The van der Waals surface area contributed by atoms with Gasteiger partial charge in [-0.1, -0.05) is 0 Å². The number of methoxy groups -OCH3 is 2. The molecule has 1 aromatic rings. The van der Waals surface area contributed by atoms with Crippen molar-refractivity contribution in [3.63, 3.8) is 0 Å². The van der Waals surface area contributed by atoms with Crippen molar-refractivity contribution < 1.29 is 23.8 Å². The summed E-state index contributed by atoms with van der Waals surface area (Å²) < 4.78 is 15.2. The Kier molecular flexibility index (Phi) is 5.41. The molecule has 0 heterocycles. The molecule has 18 heavy (non-hydrogen) atoms. The van der Waals surface area contributed by atoms with Crippen LogP contribution in [-0.2, 0) is 9.57 Å². The molecule has 0 aliphatic carbocycles. The fraction of sp³-hybridized carbons (Fsp3) is 0.417. The molecule has 0 aliphatic rings. The molecule has 1 amide bonds. The Hall–Kier alpha value is -1.79. The average molecular weight is 255 g/mol. The molecule has 6 heteroatoms. The number of amides is 1. The summed E-state index contributed by atoms with van der Waals surface area (Å²) in [5.74, 6) is 0.640. The third-order valence-electron chi connectivity index (χ3n) is 2.31. The van der Waals surface area contributed by atoms with Crippen molar-refractivity contribution in [3.05, 3.63) is 23.8 Å². The number of hydrogen-bond donors (Lipinski definition) is 0. The smallest absolute Gasteiger partial charge is 0.281 e. The minimum atomic E-state index is -0.331. The van der Waals surface area contributed by atoms with Gasteiger partial charge in [-0.25, -0.2) is 5.06 Å². The van der Waals surface area contributed by atoms with Gasteiger partial charge in [0, 0.05) is 14.2 Å². The van der Waals surface area contributed by atoms with E-state index in [-0.39, 0.29) is 12.7 Å². The van der Waals surface area contributed by atoms with Crippen LogP contribution in [0.3, 0.4) is 0 Å². The summed E-state index contributed by atoms with van der Waals surface area (Å²) in [7, 11) is 5.96. The maximum Gasteiger partial charge on any atom is 0.281 e. The van der Waals surface area contributed by atoms with Crippen LogP contribution in [-0.4, -0.2) is 46.1 Å². The Morgan fingerprint density at radius 1 is 1.28 bits per heavy atom. The summed E-state index contributed by atoms with van der Waals surface area (Å²) in [6, 6.07) is 4.94. The van der Waals surface area contributed by atoms with E-state index in [0.717, 1.165) is 5.06 Å². The van der Waals surface area contributed by atoms with E-state index in [1.54, 1.807) is 18.2 Å². The van der Waals surface area contributed by atoms with Crippen LogP contribution in [0.2, 0.25) is 0 Å². The lowest BCUT2D eigenvalue weighted by Crippen LogP contribution is -2.26. The maximum absolute atomic E-state index is 12.1. The molecule has 6 nitrogen and oxygen atoms in total. The molecule has 0 atom stereocenters. The minimum absolute atomic E-state index is 0.0588. The van der Waals surface area contributed by atoms with Crippen LogP contribution in [0.4, 0.5) is 0 Å². The summed E-state index contributed by atoms with van der Waals surface area (Å²) in [6.45, 7) is 0.0588. The van der Waals surface area contributed by atoms with E-state index in [1.165, 1.54) is 28.4 Å². The monoisotopic (exact) mass is 255 g/mol. The SMILES string of the molecule is COCOc1ccc(OC)cc1C(=O)N(C)OC. The lowest BCUT2D eigenvalue weighted by atomic mass is 10.1. The summed E-state index contributed by atoms with van der Waals surface area (Å²) in [5.41, 5.74) is 0.343. The molecular weight excluding hydrogens is 238 g/mol. The highest BCUT2D eigenvalue weighted by Gasteiger charge is 2.18. The number of nitrogens with zero attached hydrogens (tertiary/aromatic N) is 1. The second-order valence-corrected chi connectivity index (χ2v) is 3.40. The van der Waals surface area contributed by atoms with Gasteiger partial charge in [-0.05, 0) is 18.2 Å². The first-order valence-corrected chi connectivity index (χ1v) is 5.26. The molecular formula is C12H17NO5. The zero-order valence-electron chi connectivity index (χ0n) is 10.9. The molecule has 0 spiro atoms. The topological polar surface area (TPSA) is 57.2 Å². The Balaban J connectivity index is 3.06. The molecule has 0 saturated heterocycles. The second-order valence-electron chi connectivity index (χ2n) is 3.40. The Bertz CT molecular complexity index is 407. The summed E-state index contributed by atoms with van der Waals surface area (Å²) in [6.07, 6.45) is 0. The van der Waals surface area contributed by atoms with Gasteiger partial charge in [0.1, 0.15) is 11.5 Å². The van der Waals surface area contributed by atoms with Gasteiger partial charge in [-0.2, -0.15) is 0 Å². The van der Waals surface area contributed by atoms with Crippen LogP contribution in [0.5, 0.6) is 11.5 Å². The zero-order valence-corrected chi connectivity index (χ0v) is 10.9. The van der Waals surface area contributed by atoms with Crippen molar-refractivity contribution in [2.75, 3.05) is 35.2 Å². The summed E-state index contributed by atoms with van der Waals surface area (Å²) >= 11 is 0. The van der Waals surface area contributed by atoms with Crippen LogP contribution >= 0.6 is 0 Å². The van der Waals surface area contributed by atoms with Crippen molar-refractivity contribution in [2.45, 2.75) is 0 Å². The number of hydrogen-bond acceptors (Lipinski definition) is 5. The van der Waals surface area contributed by atoms with Crippen molar-refractivity contribution in [3.8, 4) is 11.5 Å². The Morgan fingerprint density at radius 3 is 2.56 bits per heavy atom. The lowest BCUT2D eigenvalue weighted by molar-refractivity contribution is -0.0760. The van der Waals surface area contributed by atoms with Crippen LogP contribution in [0.25, 0.3) is 0 Å². The van der Waals surface area contributed by atoms with Crippen LogP contribution < -0.4 is 9.47 Å². The van der Waals surface area contributed by atoms with Crippen molar-refractivity contribution in [2.24, 2.45) is 0 Å². The van der Waals surface area contributed by atoms with Crippen LogP contribution in [0.1, 0.15) is 10.4 Å². The molecule has 0 bridgehead atoms. The third-order valence-corrected chi connectivity index (χ3v) is 2.31. The van der Waals surface area contributed by atoms with Crippen molar-refractivity contribution in [1.29, 1.82) is 0 Å². The van der Waals surface area contributed by atoms with Gasteiger partial charge in [-0.15, -0.1) is 0 Å². The minimum Gasteiger partial charge on any atom is -0.497 e. The van der Waals surface area contributed by atoms with Gasteiger partial charge in [0.15, 0.2) is 6.79 Å². The van der Waals surface area contributed by atoms with E-state index in [2.05, 4.69) is 0 Å². The molecule has 0 aliphatic heterocycles. The number of carbonyl (C=O) groups is 1. The normalized spacial score (nSPS) is 10.0. The molecule has 0 fully saturated rings. The van der Waals surface area contributed by atoms with Gasteiger partial charge in [0.2, 0.25) is 0 Å². The first-order valence-electron chi connectivity index (χ1n) is 5.26. The van der Waals surface area contributed by atoms with E-state index < -0.39 is 0 Å². The highest BCUT2D eigenvalue weighted by molar-refractivity contribution is 5.96. The maximum atomic E-state index is 12.1. The van der Waals surface area contributed by atoms with Crippen LogP contribution in [0.15, 0.2) is 18.2 Å². The van der Waals surface area contributed by atoms with E-state index in [4.69, 9.17) is 19.0 Å². The van der Waals surface area contributed by atoms with Crippen molar-refractivity contribution in [1.82, 2.24) is 5.06 Å². The summed E-state index contributed by atoms with van der Waals surface area (Å²) in [5, 5.41) is 1.11. The van der Waals surface area contributed by atoms with Gasteiger partial charge in [0.05, 0.1) is 19.8 Å². The highest BCUT2D eigenvalue weighted by Crippen LogP contribution is 2.25. The molecule has 0 unspecified atom stereocenters. The molecule has 1 aromatic carbocycles. The van der Waals surface area contributed by atoms with E-state index >= 15 is 0 Å². The molecule has 0 radical (unpaired) electrons. The Labute approximate surface area is 106 Å². The lowest BCUT2D eigenvalue weighted by Gasteiger charge is -2.17. The van der Waals surface area contributed by atoms with E-state index in [1.807, 2.05) is 0 Å². The molecule has 0 aromatic heterocycles.